The van der Waals surface area contributed by atoms with E-state index in [1.165, 1.54) is 0 Å². The molecule has 1 fully saturated rings. The number of ether oxygens (including phenoxy) is 4. The number of likely N-dealkylation sites (tertiary alicyclic amines) is 1. The summed E-state index contributed by atoms with van der Waals surface area (Å²) in [6, 6.07) is 11.9. The number of hydrogen-bond acceptors (Lipinski definition) is 8. The number of carbonyl (C=O) groups excluding carboxylic acids is 1. The third-order valence-electron chi connectivity index (χ3n) is 5.99. The maximum atomic E-state index is 12.7. The molecule has 35 heavy (non-hydrogen) atoms. The van der Waals surface area contributed by atoms with E-state index < -0.39 is 12.1 Å². The van der Waals surface area contributed by atoms with E-state index in [-0.39, 0.29) is 32.5 Å². The highest BCUT2D eigenvalue weighted by atomic mass is 16.6. The summed E-state index contributed by atoms with van der Waals surface area (Å²) in [5, 5.41) is 24.0. The Morgan fingerprint density at radius 1 is 1.14 bits per heavy atom. The number of carbonyl (C=O) groups is 1. The minimum absolute atomic E-state index is 0. The van der Waals surface area contributed by atoms with E-state index in [9.17, 15) is 15.0 Å². The summed E-state index contributed by atoms with van der Waals surface area (Å²) in [5.74, 6) is 2.37. The van der Waals surface area contributed by atoms with E-state index >= 15 is 0 Å². The van der Waals surface area contributed by atoms with Crippen LogP contribution >= 0.6 is 0 Å². The van der Waals surface area contributed by atoms with Gasteiger partial charge < -0.3 is 34.5 Å². The number of rotatable bonds is 10. The topological polar surface area (TPSA) is 110 Å². The number of aliphatic hydroxyl groups excluding tert-OH is 2. The van der Waals surface area contributed by atoms with Gasteiger partial charge in [0.2, 0.25) is 5.91 Å². The van der Waals surface area contributed by atoms with Gasteiger partial charge in [-0.3, -0.25) is 9.69 Å². The molecular formula is C26H36N2O7. The van der Waals surface area contributed by atoms with Gasteiger partial charge >= 0.3 is 0 Å². The number of methoxy groups -OCH3 is 1. The molecule has 4 rings (SSSR count). The van der Waals surface area contributed by atoms with Crippen molar-refractivity contribution in [2.75, 3.05) is 46.6 Å². The lowest BCUT2D eigenvalue weighted by molar-refractivity contribution is -0.123. The SMILES string of the molecule is C.COc1ccc(OCCC(=O)N[C@H](CN2CC[C@H](O)C2)[C@H](O)c2ccc3c(c2)OCCO3)cc1. The highest BCUT2D eigenvalue weighted by Gasteiger charge is 2.29. The fraction of sp³-hybridized carbons (Fsp3) is 0.500. The smallest absolute Gasteiger partial charge is 0.223 e. The van der Waals surface area contributed by atoms with Crippen LogP contribution in [0.25, 0.3) is 0 Å². The average Bonchev–Trinajstić information content (AvgIpc) is 3.27. The van der Waals surface area contributed by atoms with E-state index in [0.29, 0.717) is 62.1 Å². The second-order valence-corrected chi connectivity index (χ2v) is 8.50. The van der Waals surface area contributed by atoms with Crippen LogP contribution in [0.15, 0.2) is 42.5 Å². The normalized spacial score (nSPS) is 18.8. The van der Waals surface area contributed by atoms with Crippen molar-refractivity contribution in [3.63, 3.8) is 0 Å². The summed E-state index contributed by atoms with van der Waals surface area (Å²) in [7, 11) is 1.60. The Bertz CT molecular complexity index is 953. The van der Waals surface area contributed by atoms with E-state index in [2.05, 4.69) is 5.32 Å². The van der Waals surface area contributed by atoms with Crippen LogP contribution in [-0.2, 0) is 4.79 Å². The number of β-amino-alcohol motifs (C(OH)–C–C–N with tert-alkyl or cyclic N) is 1. The van der Waals surface area contributed by atoms with Crippen molar-refractivity contribution in [2.45, 2.75) is 38.5 Å². The van der Waals surface area contributed by atoms with E-state index in [4.69, 9.17) is 18.9 Å². The number of amides is 1. The second kappa shape index (κ2) is 12.6. The number of hydrogen-bond donors (Lipinski definition) is 3. The standard InChI is InChI=1S/C25H32N2O7.CH4/c1-31-19-3-5-20(6-4-19)32-11-9-24(29)26-21(16-27-10-8-18(28)15-27)25(30)17-2-7-22-23(14-17)34-13-12-33-22;/h2-7,14,18,21,25,28,30H,8-13,15-16H2,1H3,(H,26,29);1H4/t18-,21+,25+;/m0./s1. The Labute approximate surface area is 206 Å². The Kier molecular flexibility index (Phi) is 9.59. The van der Waals surface area contributed by atoms with Gasteiger partial charge in [0.15, 0.2) is 11.5 Å². The van der Waals surface area contributed by atoms with E-state index in [1.807, 2.05) is 4.90 Å². The minimum Gasteiger partial charge on any atom is -0.497 e. The summed E-state index contributed by atoms with van der Waals surface area (Å²) in [6.45, 7) is 2.78. The highest BCUT2D eigenvalue weighted by Crippen LogP contribution is 2.33. The van der Waals surface area contributed by atoms with Crippen LogP contribution in [0, 0.1) is 0 Å². The minimum atomic E-state index is -0.958. The fourth-order valence-electron chi connectivity index (χ4n) is 4.17. The molecule has 3 N–H and O–H groups in total. The van der Waals surface area contributed by atoms with Gasteiger partial charge in [0.1, 0.15) is 30.8 Å². The van der Waals surface area contributed by atoms with Crippen LogP contribution in [0.5, 0.6) is 23.0 Å². The first-order valence-corrected chi connectivity index (χ1v) is 11.6. The Morgan fingerprint density at radius 2 is 1.86 bits per heavy atom. The molecule has 0 aliphatic carbocycles. The van der Waals surface area contributed by atoms with Gasteiger partial charge in [0, 0.05) is 19.6 Å². The van der Waals surface area contributed by atoms with Crippen molar-refractivity contribution in [1.82, 2.24) is 10.2 Å². The van der Waals surface area contributed by atoms with Crippen LogP contribution in [0.3, 0.4) is 0 Å². The van der Waals surface area contributed by atoms with Crippen LogP contribution < -0.4 is 24.3 Å². The number of nitrogens with zero attached hydrogens (tertiary/aromatic N) is 1. The quantitative estimate of drug-likeness (QED) is 0.467. The van der Waals surface area contributed by atoms with E-state index in [0.717, 1.165) is 5.75 Å². The molecule has 9 nitrogen and oxygen atoms in total. The zero-order valence-corrected chi connectivity index (χ0v) is 19.3. The van der Waals surface area contributed by atoms with Crippen LogP contribution in [0.1, 0.15) is 31.9 Å². The van der Waals surface area contributed by atoms with Gasteiger partial charge in [-0.2, -0.15) is 0 Å². The molecule has 3 atom stereocenters. The van der Waals surface area contributed by atoms with Gasteiger partial charge in [0.25, 0.3) is 0 Å². The maximum absolute atomic E-state index is 12.7. The van der Waals surface area contributed by atoms with Crippen molar-refractivity contribution >= 4 is 5.91 Å². The van der Waals surface area contributed by atoms with Gasteiger partial charge in [-0.15, -0.1) is 0 Å². The van der Waals surface area contributed by atoms with Crippen molar-refractivity contribution in [1.29, 1.82) is 0 Å². The van der Waals surface area contributed by atoms with Crippen LogP contribution in [0.2, 0.25) is 0 Å². The first-order chi connectivity index (χ1) is 16.5. The predicted octanol–water partition coefficient (Wildman–Crippen LogP) is 2.16. The molecule has 0 aromatic heterocycles. The van der Waals surface area contributed by atoms with Crippen molar-refractivity contribution in [3.05, 3.63) is 48.0 Å². The number of fused-ring (bicyclic) bond motifs is 1. The van der Waals surface area contributed by atoms with Crippen molar-refractivity contribution in [3.8, 4) is 23.0 Å². The first kappa shape index (κ1) is 26.6. The molecule has 1 saturated heterocycles. The van der Waals surface area contributed by atoms with Crippen molar-refractivity contribution < 1.29 is 34.0 Å². The lowest BCUT2D eigenvalue weighted by atomic mass is 10.0. The van der Waals surface area contributed by atoms with Crippen LogP contribution in [-0.4, -0.2) is 79.7 Å². The molecular weight excluding hydrogens is 452 g/mol. The Hall–Kier alpha value is -3.01. The van der Waals surface area contributed by atoms with Crippen molar-refractivity contribution in [2.24, 2.45) is 0 Å². The summed E-state index contributed by atoms with van der Waals surface area (Å²) in [5.41, 5.74) is 0.628. The number of aliphatic hydroxyl groups is 2. The van der Waals surface area contributed by atoms with Gasteiger partial charge in [-0.25, -0.2) is 0 Å². The van der Waals surface area contributed by atoms with Gasteiger partial charge in [0.05, 0.1) is 32.3 Å². The summed E-state index contributed by atoms with van der Waals surface area (Å²) in [6.07, 6.45) is -0.532. The molecule has 0 spiro atoms. The third kappa shape index (κ3) is 7.24. The molecule has 2 aliphatic heterocycles. The molecule has 0 unspecified atom stereocenters. The van der Waals surface area contributed by atoms with E-state index in [1.54, 1.807) is 49.6 Å². The van der Waals surface area contributed by atoms with Gasteiger partial charge in [-0.05, 0) is 48.4 Å². The first-order valence-electron chi connectivity index (χ1n) is 11.6. The number of nitrogens with one attached hydrogen (secondary N) is 1. The summed E-state index contributed by atoms with van der Waals surface area (Å²) >= 11 is 0. The molecule has 9 heteroatoms. The maximum Gasteiger partial charge on any atom is 0.223 e. The van der Waals surface area contributed by atoms with Gasteiger partial charge in [-0.1, -0.05) is 13.5 Å². The third-order valence-corrected chi connectivity index (χ3v) is 5.99. The zero-order chi connectivity index (χ0) is 23.9. The Balaban J connectivity index is 0.00000342. The molecule has 1 amide bonds. The zero-order valence-electron chi connectivity index (χ0n) is 19.3. The Morgan fingerprint density at radius 3 is 2.54 bits per heavy atom. The molecule has 0 saturated carbocycles. The lowest BCUT2D eigenvalue weighted by Gasteiger charge is -2.29. The molecule has 2 heterocycles. The largest absolute Gasteiger partial charge is 0.497 e. The molecule has 2 aromatic rings. The molecule has 0 bridgehead atoms. The summed E-state index contributed by atoms with van der Waals surface area (Å²) < 4.78 is 22.0. The molecule has 0 radical (unpaired) electrons. The molecule has 192 valence electrons. The fourth-order valence-corrected chi connectivity index (χ4v) is 4.17. The average molecular weight is 489 g/mol. The second-order valence-electron chi connectivity index (χ2n) is 8.50. The molecule has 2 aromatic carbocycles. The summed E-state index contributed by atoms with van der Waals surface area (Å²) in [4.78, 5) is 14.8. The van der Waals surface area contributed by atoms with Crippen LogP contribution in [0.4, 0.5) is 0 Å². The monoisotopic (exact) mass is 488 g/mol. The predicted molar refractivity (Wildman–Crippen MR) is 131 cm³/mol. The highest BCUT2D eigenvalue weighted by molar-refractivity contribution is 5.76. The lowest BCUT2D eigenvalue weighted by Crippen LogP contribution is -2.47. The number of benzene rings is 2. The molecule has 2 aliphatic rings.